The number of ether oxygens (including phenoxy) is 2. The lowest BCUT2D eigenvalue weighted by molar-refractivity contribution is -0.122. The average molecular weight is 385 g/mol. The van der Waals surface area contributed by atoms with Crippen molar-refractivity contribution in [2.45, 2.75) is 39.2 Å². The number of carbonyl (C=O) groups excluding carboxylic acids is 2. The van der Waals surface area contributed by atoms with E-state index in [-0.39, 0.29) is 30.1 Å². The summed E-state index contributed by atoms with van der Waals surface area (Å²) < 4.78 is 11.0. The molecule has 2 atom stereocenters. The molecule has 7 heteroatoms. The zero-order valence-corrected chi connectivity index (χ0v) is 16.5. The van der Waals surface area contributed by atoms with Crippen molar-refractivity contribution in [2.75, 3.05) is 26.8 Å². The second kappa shape index (κ2) is 11.0. The highest BCUT2D eigenvalue weighted by Crippen LogP contribution is 2.28. The third-order valence-corrected chi connectivity index (χ3v) is 4.55. The third-order valence-electron chi connectivity index (χ3n) is 4.55. The summed E-state index contributed by atoms with van der Waals surface area (Å²) in [5, 5.41) is 6.40. The van der Waals surface area contributed by atoms with Crippen molar-refractivity contribution in [2.24, 2.45) is 5.92 Å². The maximum Gasteiger partial charge on any atom is 0.220 e. The van der Waals surface area contributed by atoms with Crippen molar-refractivity contribution in [3.8, 4) is 11.5 Å². The van der Waals surface area contributed by atoms with Gasteiger partial charge in [-0.25, -0.2) is 0 Å². The molecule has 0 spiro atoms. The molecule has 1 aromatic rings. The molecule has 1 aliphatic rings. The van der Waals surface area contributed by atoms with Crippen molar-refractivity contribution in [3.63, 3.8) is 0 Å². The van der Waals surface area contributed by atoms with E-state index in [9.17, 15) is 9.59 Å². The predicted octanol–water partition coefficient (Wildman–Crippen LogP) is 2.59. The van der Waals surface area contributed by atoms with E-state index in [0.29, 0.717) is 42.4 Å². The Bertz CT molecular complexity index is 609. The highest BCUT2D eigenvalue weighted by Gasteiger charge is 2.22. The molecule has 1 aromatic carbocycles. The van der Waals surface area contributed by atoms with Crippen LogP contribution in [0, 0.1) is 5.92 Å². The predicted molar refractivity (Wildman–Crippen MR) is 104 cm³/mol. The van der Waals surface area contributed by atoms with E-state index in [1.807, 2.05) is 0 Å². The number of Topliss-reactive ketones (excluding diaryl/α,β-unsaturated/α-hetero) is 1. The molecule has 0 bridgehead atoms. The maximum absolute atomic E-state index is 12.1. The molecule has 2 rings (SSSR count). The van der Waals surface area contributed by atoms with Gasteiger partial charge in [0.2, 0.25) is 5.91 Å². The lowest BCUT2D eigenvalue weighted by atomic mass is 9.95. The molecule has 1 amide bonds. The normalized spacial score (nSPS) is 19.2. The Labute approximate surface area is 161 Å². The van der Waals surface area contributed by atoms with Gasteiger partial charge in [0.25, 0.3) is 0 Å². The van der Waals surface area contributed by atoms with Crippen LogP contribution in [0.5, 0.6) is 11.5 Å². The van der Waals surface area contributed by atoms with E-state index >= 15 is 0 Å². The molecule has 0 aliphatic carbocycles. The second-order valence-corrected chi connectivity index (χ2v) is 6.52. The number of methoxy groups -OCH3 is 1. The van der Waals surface area contributed by atoms with Gasteiger partial charge >= 0.3 is 0 Å². The highest BCUT2D eigenvalue weighted by molar-refractivity contribution is 5.94. The van der Waals surface area contributed by atoms with Crippen molar-refractivity contribution in [1.29, 1.82) is 0 Å². The fourth-order valence-corrected chi connectivity index (χ4v) is 2.88. The van der Waals surface area contributed by atoms with Gasteiger partial charge in [0.1, 0.15) is 0 Å². The molecular formula is C19H29ClN2O4. The second-order valence-electron chi connectivity index (χ2n) is 6.52. The Morgan fingerprint density at radius 3 is 2.73 bits per heavy atom. The summed E-state index contributed by atoms with van der Waals surface area (Å²) in [4.78, 5) is 23.5. The summed E-state index contributed by atoms with van der Waals surface area (Å²) in [5.41, 5.74) is 0.582. The first-order valence-electron chi connectivity index (χ1n) is 8.83. The van der Waals surface area contributed by atoms with Crippen LogP contribution in [-0.2, 0) is 4.79 Å². The zero-order valence-electron chi connectivity index (χ0n) is 15.7. The lowest BCUT2D eigenvalue weighted by Crippen LogP contribution is -2.50. The molecular weight excluding hydrogens is 356 g/mol. The fraction of sp³-hybridized carbons (Fsp3) is 0.579. The maximum atomic E-state index is 12.1. The first-order valence-corrected chi connectivity index (χ1v) is 8.83. The van der Waals surface area contributed by atoms with Gasteiger partial charge in [0, 0.05) is 24.6 Å². The zero-order chi connectivity index (χ0) is 18.2. The summed E-state index contributed by atoms with van der Waals surface area (Å²) in [7, 11) is 1.54. The largest absolute Gasteiger partial charge is 0.493 e. The summed E-state index contributed by atoms with van der Waals surface area (Å²) in [6.07, 6.45) is 2.14. The SMILES string of the molecule is COc1cc(C(C)=O)ccc1OCCCC(=O)NC1CNCCC1C.Cl. The van der Waals surface area contributed by atoms with Crippen LogP contribution in [-0.4, -0.2) is 44.5 Å². The van der Waals surface area contributed by atoms with Gasteiger partial charge in [-0.3, -0.25) is 9.59 Å². The van der Waals surface area contributed by atoms with Crippen LogP contribution >= 0.6 is 12.4 Å². The van der Waals surface area contributed by atoms with Crippen LogP contribution in [0.4, 0.5) is 0 Å². The van der Waals surface area contributed by atoms with E-state index in [4.69, 9.17) is 9.47 Å². The van der Waals surface area contributed by atoms with E-state index in [0.717, 1.165) is 19.5 Å². The van der Waals surface area contributed by atoms with Crippen molar-refractivity contribution in [3.05, 3.63) is 23.8 Å². The van der Waals surface area contributed by atoms with Crippen LogP contribution < -0.4 is 20.1 Å². The smallest absolute Gasteiger partial charge is 0.220 e. The molecule has 2 N–H and O–H groups in total. The van der Waals surface area contributed by atoms with E-state index < -0.39 is 0 Å². The van der Waals surface area contributed by atoms with Crippen molar-refractivity contribution >= 4 is 24.1 Å². The minimum atomic E-state index is -0.0204. The summed E-state index contributed by atoms with van der Waals surface area (Å²) in [5.74, 6) is 1.65. The Kier molecular flexibility index (Phi) is 9.44. The Morgan fingerprint density at radius 1 is 1.31 bits per heavy atom. The molecule has 2 unspecified atom stereocenters. The number of carbonyl (C=O) groups is 2. The van der Waals surface area contributed by atoms with Gasteiger partial charge in [-0.1, -0.05) is 6.92 Å². The number of benzene rings is 1. The van der Waals surface area contributed by atoms with E-state index in [1.165, 1.54) is 6.92 Å². The summed E-state index contributed by atoms with van der Waals surface area (Å²) in [6, 6.07) is 5.32. The Balaban J connectivity index is 0.00000338. The summed E-state index contributed by atoms with van der Waals surface area (Å²) >= 11 is 0. The molecule has 0 saturated carbocycles. The standard InChI is InChI=1S/C19H28N2O4.ClH/c1-13-8-9-20-12-16(13)21-19(23)5-4-10-25-17-7-6-15(14(2)22)11-18(17)24-3;/h6-7,11,13,16,20H,4-5,8-10,12H2,1-3H3,(H,21,23);1H. The van der Waals surface area contributed by atoms with Gasteiger partial charge in [-0.05, 0) is 50.4 Å². The molecule has 146 valence electrons. The van der Waals surface area contributed by atoms with Gasteiger partial charge in [-0.15, -0.1) is 12.4 Å². The molecule has 0 radical (unpaired) electrons. The van der Waals surface area contributed by atoms with Crippen LogP contribution in [0.15, 0.2) is 18.2 Å². The number of nitrogens with one attached hydrogen (secondary N) is 2. The minimum absolute atomic E-state index is 0. The van der Waals surface area contributed by atoms with Gasteiger partial charge in [0.15, 0.2) is 17.3 Å². The molecule has 6 nitrogen and oxygen atoms in total. The molecule has 1 aliphatic heterocycles. The van der Waals surface area contributed by atoms with Crippen molar-refractivity contribution < 1.29 is 19.1 Å². The van der Waals surface area contributed by atoms with Crippen LogP contribution in [0.3, 0.4) is 0 Å². The number of piperidine rings is 1. The number of amides is 1. The van der Waals surface area contributed by atoms with Gasteiger partial charge in [-0.2, -0.15) is 0 Å². The summed E-state index contributed by atoms with van der Waals surface area (Å²) in [6.45, 7) is 5.96. The molecule has 1 fully saturated rings. The first-order chi connectivity index (χ1) is 12.0. The van der Waals surface area contributed by atoms with Crippen LogP contribution in [0.2, 0.25) is 0 Å². The van der Waals surface area contributed by atoms with E-state index in [1.54, 1.807) is 25.3 Å². The molecule has 1 heterocycles. The van der Waals surface area contributed by atoms with E-state index in [2.05, 4.69) is 17.6 Å². The Hall–Kier alpha value is -1.79. The number of ketones is 1. The number of rotatable bonds is 8. The topological polar surface area (TPSA) is 76.7 Å². The quantitative estimate of drug-likeness (QED) is 0.532. The van der Waals surface area contributed by atoms with Gasteiger partial charge < -0.3 is 20.1 Å². The van der Waals surface area contributed by atoms with Crippen molar-refractivity contribution in [1.82, 2.24) is 10.6 Å². The molecule has 0 aromatic heterocycles. The highest BCUT2D eigenvalue weighted by atomic mass is 35.5. The third kappa shape index (κ3) is 6.50. The number of hydrogen-bond donors (Lipinski definition) is 2. The number of hydrogen-bond acceptors (Lipinski definition) is 5. The van der Waals surface area contributed by atoms with Gasteiger partial charge in [0.05, 0.1) is 13.7 Å². The lowest BCUT2D eigenvalue weighted by Gasteiger charge is -2.30. The molecule has 1 saturated heterocycles. The average Bonchev–Trinajstić information content (AvgIpc) is 2.60. The number of halogens is 1. The molecule has 26 heavy (non-hydrogen) atoms. The monoisotopic (exact) mass is 384 g/mol. The van der Waals surface area contributed by atoms with Crippen LogP contribution in [0.25, 0.3) is 0 Å². The first kappa shape index (κ1) is 22.3. The minimum Gasteiger partial charge on any atom is -0.493 e. The Morgan fingerprint density at radius 2 is 2.08 bits per heavy atom. The van der Waals surface area contributed by atoms with Crippen LogP contribution in [0.1, 0.15) is 43.5 Å². The fourth-order valence-electron chi connectivity index (χ4n) is 2.88.